The lowest BCUT2D eigenvalue weighted by atomic mass is 9.86. The van der Waals surface area contributed by atoms with E-state index in [2.05, 4.69) is 4.74 Å². The third-order valence-electron chi connectivity index (χ3n) is 3.64. The topological polar surface area (TPSA) is 46.6 Å². The molecule has 102 valence electrons. The molecular weight excluding hydrogens is 242 g/mol. The van der Waals surface area contributed by atoms with E-state index in [1.54, 1.807) is 4.90 Å². The maximum absolute atomic E-state index is 12.4. The largest absolute Gasteiger partial charge is 0.469 e. The number of esters is 1. The Kier molecular flexibility index (Phi) is 3.60. The van der Waals surface area contributed by atoms with Gasteiger partial charge in [0.05, 0.1) is 12.5 Å². The third-order valence-corrected chi connectivity index (χ3v) is 3.64. The predicted molar refractivity (Wildman–Crippen MR) is 73.1 cm³/mol. The highest BCUT2D eigenvalue weighted by atomic mass is 16.5. The van der Waals surface area contributed by atoms with Crippen LogP contribution in [0.25, 0.3) is 0 Å². The maximum atomic E-state index is 12.4. The van der Waals surface area contributed by atoms with Crippen LogP contribution in [0.4, 0.5) is 5.69 Å². The van der Waals surface area contributed by atoms with Gasteiger partial charge in [0.1, 0.15) is 0 Å². The number of benzene rings is 1. The Morgan fingerprint density at radius 3 is 2.68 bits per heavy atom. The second-order valence-corrected chi connectivity index (χ2v) is 5.28. The van der Waals surface area contributed by atoms with Gasteiger partial charge in [0, 0.05) is 18.7 Å². The van der Waals surface area contributed by atoms with E-state index in [1.165, 1.54) is 7.11 Å². The number of carbonyl (C=O) groups excluding carboxylic acids is 2. The molecule has 0 saturated carbocycles. The summed E-state index contributed by atoms with van der Waals surface area (Å²) < 4.78 is 4.61. The van der Waals surface area contributed by atoms with Crippen LogP contribution in [0.2, 0.25) is 0 Å². The molecule has 4 heteroatoms. The van der Waals surface area contributed by atoms with E-state index < -0.39 is 5.41 Å². The zero-order valence-electron chi connectivity index (χ0n) is 11.6. The van der Waals surface area contributed by atoms with Crippen molar-refractivity contribution in [2.75, 3.05) is 18.6 Å². The van der Waals surface area contributed by atoms with E-state index in [1.807, 2.05) is 38.1 Å². The Labute approximate surface area is 113 Å². The minimum atomic E-state index is -0.484. The molecule has 0 N–H and O–H groups in total. The number of methoxy groups -OCH3 is 1. The van der Waals surface area contributed by atoms with Crippen molar-refractivity contribution >= 4 is 17.6 Å². The Bertz CT molecular complexity index is 508. The molecule has 0 fully saturated rings. The summed E-state index contributed by atoms with van der Waals surface area (Å²) in [5.74, 6) is -0.141. The minimum Gasteiger partial charge on any atom is -0.469 e. The van der Waals surface area contributed by atoms with Gasteiger partial charge >= 0.3 is 5.97 Å². The molecule has 2 rings (SSSR count). The SMILES string of the molecule is COC(=O)CCCN1C(=O)C(C)(C)c2ccccc21. The van der Waals surface area contributed by atoms with Gasteiger partial charge in [-0.15, -0.1) is 0 Å². The summed E-state index contributed by atoms with van der Waals surface area (Å²) in [6.45, 7) is 4.43. The van der Waals surface area contributed by atoms with Crippen LogP contribution in [0.5, 0.6) is 0 Å². The molecule has 0 unspecified atom stereocenters. The maximum Gasteiger partial charge on any atom is 0.305 e. The lowest BCUT2D eigenvalue weighted by Crippen LogP contribution is -2.36. The number of fused-ring (bicyclic) bond motifs is 1. The smallest absolute Gasteiger partial charge is 0.305 e. The zero-order valence-corrected chi connectivity index (χ0v) is 11.6. The van der Waals surface area contributed by atoms with Crippen molar-refractivity contribution in [2.45, 2.75) is 32.1 Å². The minimum absolute atomic E-state index is 0.0959. The van der Waals surface area contributed by atoms with E-state index >= 15 is 0 Å². The second-order valence-electron chi connectivity index (χ2n) is 5.28. The van der Waals surface area contributed by atoms with Crippen LogP contribution in [-0.4, -0.2) is 25.5 Å². The molecule has 0 radical (unpaired) electrons. The second kappa shape index (κ2) is 5.03. The molecule has 0 aromatic heterocycles. The van der Waals surface area contributed by atoms with Gasteiger partial charge in [-0.1, -0.05) is 18.2 Å². The first-order valence-electron chi connectivity index (χ1n) is 6.46. The fraction of sp³-hybridized carbons (Fsp3) is 0.467. The van der Waals surface area contributed by atoms with Gasteiger partial charge in [-0.3, -0.25) is 9.59 Å². The molecule has 1 aromatic carbocycles. The van der Waals surface area contributed by atoms with Gasteiger partial charge in [-0.2, -0.15) is 0 Å². The molecular formula is C15H19NO3. The molecule has 1 aliphatic heterocycles. The molecule has 0 spiro atoms. The van der Waals surface area contributed by atoms with E-state index in [0.29, 0.717) is 19.4 Å². The molecule has 1 aromatic rings. The Hall–Kier alpha value is -1.84. The van der Waals surface area contributed by atoms with Crippen molar-refractivity contribution in [3.05, 3.63) is 29.8 Å². The fourth-order valence-corrected chi connectivity index (χ4v) is 2.51. The van der Waals surface area contributed by atoms with Gasteiger partial charge in [0.25, 0.3) is 0 Å². The molecule has 0 atom stereocenters. The molecule has 0 bridgehead atoms. The van der Waals surface area contributed by atoms with Crippen molar-refractivity contribution < 1.29 is 14.3 Å². The van der Waals surface area contributed by atoms with Gasteiger partial charge in [0.15, 0.2) is 0 Å². The summed E-state index contributed by atoms with van der Waals surface area (Å²) in [6, 6.07) is 7.83. The lowest BCUT2D eigenvalue weighted by molar-refractivity contribution is -0.140. The van der Waals surface area contributed by atoms with Crippen molar-refractivity contribution in [1.82, 2.24) is 0 Å². The van der Waals surface area contributed by atoms with Crippen LogP contribution < -0.4 is 4.90 Å². The highest BCUT2D eigenvalue weighted by Gasteiger charge is 2.43. The predicted octanol–water partition coefficient (Wildman–Crippen LogP) is 2.26. The molecule has 1 heterocycles. The van der Waals surface area contributed by atoms with Crippen molar-refractivity contribution in [2.24, 2.45) is 0 Å². The van der Waals surface area contributed by atoms with E-state index in [4.69, 9.17) is 0 Å². The van der Waals surface area contributed by atoms with Crippen LogP contribution in [0.3, 0.4) is 0 Å². The van der Waals surface area contributed by atoms with Crippen molar-refractivity contribution in [3.63, 3.8) is 0 Å². The molecule has 1 amide bonds. The first kappa shape index (κ1) is 13.6. The van der Waals surface area contributed by atoms with Crippen LogP contribution in [-0.2, 0) is 19.7 Å². The van der Waals surface area contributed by atoms with Gasteiger partial charge < -0.3 is 9.64 Å². The molecule has 0 aliphatic carbocycles. The van der Waals surface area contributed by atoms with E-state index in [-0.39, 0.29) is 11.9 Å². The number of amides is 1. The van der Waals surface area contributed by atoms with Crippen LogP contribution in [0.15, 0.2) is 24.3 Å². The molecule has 4 nitrogen and oxygen atoms in total. The standard InChI is InChI=1S/C15H19NO3/c1-15(2)11-7-4-5-8-12(11)16(14(15)18)10-6-9-13(17)19-3/h4-5,7-8H,6,9-10H2,1-3H3. The highest BCUT2D eigenvalue weighted by molar-refractivity contribution is 6.07. The van der Waals surface area contributed by atoms with Crippen LogP contribution in [0, 0.1) is 0 Å². The van der Waals surface area contributed by atoms with Gasteiger partial charge in [0.2, 0.25) is 5.91 Å². The normalized spacial score (nSPS) is 16.4. The average molecular weight is 261 g/mol. The summed E-state index contributed by atoms with van der Waals surface area (Å²) in [6.07, 6.45) is 0.950. The fourth-order valence-electron chi connectivity index (χ4n) is 2.51. The van der Waals surface area contributed by atoms with Crippen molar-refractivity contribution in [1.29, 1.82) is 0 Å². The van der Waals surface area contributed by atoms with Crippen LogP contribution in [0.1, 0.15) is 32.3 Å². The van der Waals surface area contributed by atoms with Crippen LogP contribution >= 0.6 is 0 Å². The number of ether oxygens (including phenoxy) is 1. The van der Waals surface area contributed by atoms with Gasteiger partial charge in [-0.05, 0) is 31.9 Å². The molecule has 0 saturated heterocycles. The summed E-state index contributed by atoms with van der Waals surface area (Å²) >= 11 is 0. The summed E-state index contributed by atoms with van der Waals surface area (Å²) in [7, 11) is 1.38. The first-order valence-corrected chi connectivity index (χ1v) is 6.46. The van der Waals surface area contributed by atoms with E-state index in [0.717, 1.165) is 11.3 Å². The lowest BCUT2D eigenvalue weighted by Gasteiger charge is -2.20. The number of rotatable bonds is 4. The number of anilines is 1. The number of nitrogens with zero attached hydrogens (tertiary/aromatic N) is 1. The number of hydrogen-bond donors (Lipinski definition) is 0. The summed E-state index contributed by atoms with van der Waals surface area (Å²) in [4.78, 5) is 25.3. The number of carbonyl (C=O) groups is 2. The van der Waals surface area contributed by atoms with E-state index in [9.17, 15) is 9.59 Å². The third kappa shape index (κ3) is 2.35. The Balaban J connectivity index is 2.14. The molecule has 1 aliphatic rings. The summed E-state index contributed by atoms with van der Waals surface area (Å²) in [5.41, 5.74) is 1.53. The zero-order chi connectivity index (χ0) is 14.0. The Morgan fingerprint density at radius 1 is 1.32 bits per heavy atom. The number of para-hydroxylation sites is 1. The first-order chi connectivity index (χ1) is 8.98. The Morgan fingerprint density at radius 2 is 2.00 bits per heavy atom. The average Bonchev–Trinajstić information content (AvgIpc) is 2.60. The van der Waals surface area contributed by atoms with Gasteiger partial charge in [-0.25, -0.2) is 0 Å². The monoisotopic (exact) mass is 261 g/mol. The molecule has 19 heavy (non-hydrogen) atoms. The summed E-state index contributed by atoms with van der Waals surface area (Å²) in [5, 5.41) is 0. The number of hydrogen-bond acceptors (Lipinski definition) is 3. The highest BCUT2D eigenvalue weighted by Crippen LogP contribution is 2.41. The van der Waals surface area contributed by atoms with Crippen molar-refractivity contribution in [3.8, 4) is 0 Å². The quantitative estimate of drug-likeness (QED) is 0.781.